The van der Waals surface area contributed by atoms with Crippen LogP contribution >= 0.6 is 15.9 Å². The first-order chi connectivity index (χ1) is 9.99. The maximum absolute atomic E-state index is 12.4. The molecular formula is C17H18BrNO2. The second-order valence-corrected chi connectivity index (χ2v) is 6.84. The molecule has 1 aliphatic carbocycles. The number of rotatable bonds is 2. The van der Waals surface area contributed by atoms with E-state index in [9.17, 15) is 4.79 Å². The number of cyclic esters (lactones) is 1. The van der Waals surface area contributed by atoms with Crippen LogP contribution in [0.1, 0.15) is 26.7 Å². The van der Waals surface area contributed by atoms with Crippen LogP contribution in [0.25, 0.3) is 0 Å². The van der Waals surface area contributed by atoms with Crippen LogP contribution in [0.4, 0.5) is 10.5 Å². The van der Waals surface area contributed by atoms with Crippen molar-refractivity contribution in [2.24, 2.45) is 0 Å². The first-order valence-corrected chi connectivity index (χ1v) is 7.92. The SMILES string of the molecule is CC1(C)OC(=O)N(c2ccc(Br)cc2)[C@H]1C1=CC=CCC1. The predicted octanol–water partition coefficient (Wildman–Crippen LogP) is 4.83. The van der Waals surface area contributed by atoms with Gasteiger partial charge in [0.1, 0.15) is 11.6 Å². The highest BCUT2D eigenvalue weighted by atomic mass is 79.9. The molecule has 21 heavy (non-hydrogen) atoms. The van der Waals surface area contributed by atoms with Gasteiger partial charge in [-0.05, 0) is 56.5 Å². The van der Waals surface area contributed by atoms with Gasteiger partial charge >= 0.3 is 6.09 Å². The van der Waals surface area contributed by atoms with Gasteiger partial charge in [0.2, 0.25) is 0 Å². The van der Waals surface area contributed by atoms with Gasteiger partial charge in [-0.3, -0.25) is 4.90 Å². The zero-order valence-electron chi connectivity index (χ0n) is 12.2. The molecular weight excluding hydrogens is 330 g/mol. The van der Waals surface area contributed by atoms with E-state index in [0.717, 1.165) is 23.0 Å². The molecule has 1 atom stereocenters. The maximum Gasteiger partial charge on any atom is 0.415 e. The lowest BCUT2D eigenvalue weighted by atomic mass is 9.86. The van der Waals surface area contributed by atoms with Crippen molar-refractivity contribution >= 4 is 27.7 Å². The maximum atomic E-state index is 12.4. The predicted molar refractivity (Wildman–Crippen MR) is 87.4 cm³/mol. The van der Waals surface area contributed by atoms with Gasteiger partial charge in [-0.2, -0.15) is 0 Å². The minimum atomic E-state index is -0.527. The molecule has 0 radical (unpaired) electrons. The number of carbonyl (C=O) groups is 1. The number of amides is 1. The molecule has 2 aliphatic rings. The molecule has 0 saturated carbocycles. The summed E-state index contributed by atoms with van der Waals surface area (Å²) in [7, 11) is 0. The number of carbonyl (C=O) groups excluding carboxylic acids is 1. The number of halogens is 1. The van der Waals surface area contributed by atoms with Crippen molar-refractivity contribution in [3.05, 3.63) is 52.5 Å². The largest absolute Gasteiger partial charge is 0.441 e. The van der Waals surface area contributed by atoms with Crippen molar-refractivity contribution in [3.8, 4) is 0 Å². The number of hydrogen-bond acceptors (Lipinski definition) is 2. The van der Waals surface area contributed by atoms with Crippen LogP contribution in [-0.2, 0) is 4.74 Å². The molecule has 1 aliphatic heterocycles. The van der Waals surface area contributed by atoms with Crippen LogP contribution in [-0.4, -0.2) is 17.7 Å². The average Bonchev–Trinajstić information content (AvgIpc) is 2.70. The fraction of sp³-hybridized carbons (Fsp3) is 0.353. The highest BCUT2D eigenvalue weighted by Gasteiger charge is 2.49. The second-order valence-electron chi connectivity index (χ2n) is 5.93. The molecule has 1 saturated heterocycles. The zero-order valence-corrected chi connectivity index (χ0v) is 13.8. The number of anilines is 1. The topological polar surface area (TPSA) is 29.5 Å². The van der Waals surface area contributed by atoms with Crippen LogP contribution in [0.3, 0.4) is 0 Å². The van der Waals surface area contributed by atoms with Gasteiger partial charge in [-0.15, -0.1) is 0 Å². The Balaban J connectivity index is 2.03. The van der Waals surface area contributed by atoms with E-state index in [4.69, 9.17) is 4.74 Å². The monoisotopic (exact) mass is 347 g/mol. The molecule has 1 aromatic rings. The second kappa shape index (κ2) is 5.34. The Kier molecular flexibility index (Phi) is 3.66. The van der Waals surface area contributed by atoms with Crippen molar-refractivity contribution in [1.82, 2.24) is 0 Å². The summed E-state index contributed by atoms with van der Waals surface area (Å²) in [4.78, 5) is 14.2. The van der Waals surface area contributed by atoms with Crippen molar-refractivity contribution in [2.75, 3.05) is 4.90 Å². The van der Waals surface area contributed by atoms with Gasteiger partial charge in [-0.1, -0.05) is 34.2 Å². The first-order valence-electron chi connectivity index (χ1n) is 7.12. The first kappa shape index (κ1) is 14.4. The van der Waals surface area contributed by atoms with Gasteiger partial charge in [0.15, 0.2) is 0 Å². The molecule has 1 aromatic carbocycles. The molecule has 1 fully saturated rings. The van der Waals surface area contributed by atoms with Crippen molar-refractivity contribution in [3.63, 3.8) is 0 Å². The third-order valence-corrected chi connectivity index (χ3v) is 4.49. The Morgan fingerprint density at radius 2 is 2.00 bits per heavy atom. The smallest absolute Gasteiger partial charge is 0.415 e. The lowest BCUT2D eigenvalue weighted by Crippen LogP contribution is -2.43. The van der Waals surface area contributed by atoms with Crippen LogP contribution < -0.4 is 4.90 Å². The van der Waals surface area contributed by atoms with Crippen LogP contribution in [0.15, 0.2) is 52.5 Å². The van der Waals surface area contributed by atoms with E-state index in [0.29, 0.717) is 0 Å². The summed E-state index contributed by atoms with van der Waals surface area (Å²) in [5, 5.41) is 0. The Hall–Kier alpha value is -1.55. The third-order valence-electron chi connectivity index (χ3n) is 3.97. The average molecular weight is 348 g/mol. The lowest BCUT2D eigenvalue weighted by Gasteiger charge is -2.31. The van der Waals surface area contributed by atoms with E-state index in [2.05, 4.69) is 34.2 Å². The summed E-state index contributed by atoms with van der Waals surface area (Å²) in [6.45, 7) is 3.96. The molecule has 0 unspecified atom stereocenters. The van der Waals surface area contributed by atoms with Crippen molar-refractivity contribution in [2.45, 2.75) is 38.3 Å². The third kappa shape index (κ3) is 2.64. The minimum absolute atomic E-state index is 0.0591. The molecule has 1 amide bonds. The number of benzene rings is 1. The van der Waals surface area contributed by atoms with Crippen molar-refractivity contribution < 1.29 is 9.53 Å². The Bertz CT molecular complexity index is 616. The molecule has 3 nitrogen and oxygen atoms in total. The number of ether oxygens (including phenoxy) is 1. The molecule has 110 valence electrons. The quantitative estimate of drug-likeness (QED) is 0.766. The minimum Gasteiger partial charge on any atom is -0.441 e. The summed E-state index contributed by atoms with van der Waals surface area (Å²) < 4.78 is 6.62. The molecule has 1 heterocycles. The highest BCUT2D eigenvalue weighted by Crippen LogP contribution is 2.39. The van der Waals surface area contributed by atoms with Gasteiger partial charge in [-0.25, -0.2) is 4.79 Å². The van der Waals surface area contributed by atoms with Crippen LogP contribution in [0, 0.1) is 0 Å². The summed E-state index contributed by atoms with van der Waals surface area (Å²) >= 11 is 3.43. The van der Waals surface area contributed by atoms with Gasteiger partial charge in [0.25, 0.3) is 0 Å². The zero-order chi connectivity index (χ0) is 15.0. The van der Waals surface area contributed by atoms with E-state index < -0.39 is 5.60 Å². The summed E-state index contributed by atoms with van der Waals surface area (Å²) in [5.74, 6) is 0. The summed E-state index contributed by atoms with van der Waals surface area (Å²) in [6, 6.07) is 7.72. The molecule has 3 rings (SSSR count). The molecule has 4 heteroatoms. The Morgan fingerprint density at radius 1 is 1.29 bits per heavy atom. The van der Waals surface area contributed by atoms with E-state index in [1.54, 1.807) is 4.90 Å². The van der Waals surface area contributed by atoms with Crippen molar-refractivity contribution in [1.29, 1.82) is 0 Å². The Labute approximate surface area is 133 Å². The van der Waals surface area contributed by atoms with Gasteiger partial charge in [0.05, 0.1) is 0 Å². The van der Waals surface area contributed by atoms with Crippen LogP contribution in [0.5, 0.6) is 0 Å². The highest BCUT2D eigenvalue weighted by molar-refractivity contribution is 9.10. The fourth-order valence-corrected chi connectivity index (χ4v) is 3.33. The molecule has 0 aromatic heterocycles. The number of nitrogens with zero attached hydrogens (tertiary/aromatic N) is 1. The molecule has 0 bridgehead atoms. The van der Waals surface area contributed by atoms with E-state index in [1.807, 2.05) is 38.1 Å². The van der Waals surface area contributed by atoms with Crippen LogP contribution in [0.2, 0.25) is 0 Å². The standard InChI is InChI=1S/C17H18BrNO2/c1-17(2)15(12-6-4-3-5-7-12)19(16(20)21-17)14-10-8-13(18)9-11-14/h3-4,6,8-11,15H,5,7H2,1-2H3/t15-/m0/s1. The normalized spacial score (nSPS) is 24.0. The number of hydrogen-bond donors (Lipinski definition) is 0. The van der Waals surface area contributed by atoms with E-state index in [1.165, 1.54) is 5.57 Å². The van der Waals surface area contributed by atoms with E-state index in [-0.39, 0.29) is 12.1 Å². The van der Waals surface area contributed by atoms with E-state index >= 15 is 0 Å². The summed E-state index contributed by atoms with van der Waals surface area (Å²) in [6.07, 6.45) is 8.04. The van der Waals surface area contributed by atoms with Gasteiger partial charge < -0.3 is 4.74 Å². The fourth-order valence-electron chi connectivity index (χ4n) is 3.06. The molecule has 0 N–H and O–H groups in total. The molecule has 0 spiro atoms. The van der Waals surface area contributed by atoms with Gasteiger partial charge in [0, 0.05) is 10.2 Å². The lowest BCUT2D eigenvalue weighted by molar-refractivity contribution is 0.0741. The Morgan fingerprint density at radius 3 is 2.62 bits per heavy atom. The number of allylic oxidation sites excluding steroid dienone is 3. The summed E-state index contributed by atoms with van der Waals surface area (Å²) in [5.41, 5.74) is 1.59.